The molecular weight excluding hydrogens is 457 g/mol. The lowest BCUT2D eigenvalue weighted by molar-refractivity contribution is 0.0616. The van der Waals surface area contributed by atoms with E-state index >= 15 is 0 Å². The number of nitrogens with one attached hydrogen (secondary N) is 2. The lowest BCUT2D eigenvalue weighted by Gasteiger charge is -2.23. The van der Waals surface area contributed by atoms with E-state index in [2.05, 4.69) is 20.7 Å². The van der Waals surface area contributed by atoms with Crippen LogP contribution >= 0.6 is 24.0 Å². The number of halogens is 1. The summed E-state index contributed by atoms with van der Waals surface area (Å²) in [5.41, 5.74) is 1.97. The van der Waals surface area contributed by atoms with Gasteiger partial charge >= 0.3 is 0 Å². The summed E-state index contributed by atoms with van der Waals surface area (Å²) in [5.74, 6) is 0.664. The Hall–Kier alpha value is -1.65. The summed E-state index contributed by atoms with van der Waals surface area (Å²) in [6.45, 7) is 6.00. The lowest BCUT2D eigenvalue weighted by Crippen LogP contribution is -2.44. The predicted octanol–water partition coefficient (Wildman–Crippen LogP) is 2.15. The number of benzene rings is 1. The van der Waals surface area contributed by atoms with E-state index in [1.807, 2.05) is 44.4 Å². The molecule has 0 aliphatic rings. The summed E-state index contributed by atoms with van der Waals surface area (Å²) in [6, 6.07) is 8.18. The summed E-state index contributed by atoms with van der Waals surface area (Å²) in [4.78, 5) is 4.59. The second kappa shape index (κ2) is 11.3. The van der Waals surface area contributed by atoms with Crippen LogP contribution in [0.3, 0.4) is 0 Å². The smallest absolute Gasteiger partial charge is 0.191 e. The van der Waals surface area contributed by atoms with Crippen molar-refractivity contribution < 1.29 is 9.84 Å². The van der Waals surface area contributed by atoms with Gasteiger partial charge in [-0.1, -0.05) is 24.3 Å². The van der Waals surface area contributed by atoms with Gasteiger partial charge in [-0.15, -0.1) is 24.0 Å². The summed E-state index contributed by atoms with van der Waals surface area (Å²) in [6.07, 6.45) is 3.49. The van der Waals surface area contributed by atoms with Crippen LogP contribution in [0.25, 0.3) is 0 Å². The number of methoxy groups -OCH3 is 1. The highest BCUT2D eigenvalue weighted by molar-refractivity contribution is 14.0. The van der Waals surface area contributed by atoms with E-state index in [4.69, 9.17) is 4.74 Å². The molecule has 3 N–H and O–H groups in total. The van der Waals surface area contributed by atoms with Gasteiger partial charge in [-0.2, -0.15) is 5.10 Å². The largest absolute Gasteiger partial charge is 0.383 e. The second-order valence-electron chi connectivity index (χ2n) is 6.47. The standard InChI is InChI=1S/C19H29N5O2.HI/c1-5-20-18(21-10-15-6-8-16(9-7-15)13-26-4)22-14-19(2,25)17-11-23-24(3)12-17;/h6-9,11-12,25H,5,10,13-14H2,1-4H3,(H2,20,21,22);1H. The number of aliphatic imine (C=N–C) groups is 1. The van der Waals surface area contributed by atoms with Gasteiger partial charge in [-0.3, -0.25) is 4.68 Å². The summed E-state index contributed by atoms with van der Waals surface area (Å²) >= 11 is 0. The van der Waals surface area contributed by atoms with E-state index in [9.17, 15) is 5.11 Å². The van der Waals surface area contributed by atoms with E-state index in [0.29, 0.717) is 25.7 Å². The molecule has 27 heavy (non-hydrogen) atoms. The third-order valence-corrected chi connectivity index (χ3v) is 4.02. The Morgan fingerprint density at radius 3 is 2.48 bits per heavy atom. The summed E-state index contributed by atoms with van der Waals surface area (Å²) in [7, 11) is 3.52. The molecule has 0 aliphatic heterocycles. The van der Waals surface area contributed by atoms with Crippen molar-refractivity contribution in [2.75, 3.05) is 20.2 Å². The third kappa shape index (κ3) is 7.47. The SMILES string of the molecule is CCNC(=NCc1ccc(COC)cc1)NCC(C)(O)c1cnn(C)c1.I. The van der Waals surface area contributed by atoms with Crippen molar-refractivity contribution in [2.24, 2.45) is 12.0 Å². The molecule has 0 saturated carbocycles. The van der Waals surface area contributed by atoms with Crippen LogP contribution < -0.4 is 10.6 Å². The number of aromatic nitrogens is 2. The molecule has 150 valence electrons. The number of ether oxygens (including phenoxy) is 1. The maximum absolute atomic E-state index is 10.7. The van der Waals surface area contributed by atoms with Crippen molar-refractivity contribution in [1.82, 2.24) is 20.4 Å². The molecule has 0 saturated heterocycles. The minimum absolute atomic E-state index is 0. The van der Waals surface area contributed by atoms with Gasteiger partial charge in [0.2, 0.25) is 0 Å². The van der Waals surface area contributed by atoms with Gasteiger partial charge in [0.15, 0.2) is 5.96 Å². The Kier molecular flexibility index (Phi) is 9.75. The summed E-state index contributed by atoms with van der Waals surface area (Å²) in [5, 5.41) is 21.2. The molecule has 0 radical (unpaired) electrons. The molecule has 0 aliphatic carbocycles. The number of rotatable bonds is 8. The average molecular weight is 487 g/mol. The molecule has 0 spiro atoms. The van der Waals surface area contributed by atoms with Crippen LogP contribution in [0.5, 0.6) is 0 Å². The predicted molar refractivity (Wildman–Crippen MR) is 118 cm³/mol. The van der Waals surface area contributed by atoms with Crippen molar-refractivity contribution >= 4 is 29.9 Å². The van der Waals surface area contributed by atoms with Crippen LogP contribution in [-0.2, 0) is 30.5 Å². The van der Waals surface area contributed by atoms with Gasteiger partial charge in [-0.05, 0) is 25.0 Å². The van der Waals surface area contributed by atoms with Crippen LogP contribution in [-0.4, -0.2) is 41.0 Å². The fraction of sp³-hybridized carbons (Fsp3) is 0.474. The maximum atomic E-state index is 10.7. The van der Waals surface area contributed by atoms with Crippen LogP contribution in [0.4, 0.5) is 0 Å². The van der Waals surface area contributed by atoms with Gasteiger partial charge in [0, 0.05) is 32.5 Å². The molecule has 7 nitrogen and oxygen atoms in total. The van der Waals surface area contributed by atoms with Gasteiger partial charge in [0.05, 0.1) is 25.9 Å². The molecule has 1 unspecified atom stereocenters. The molecule has 1 heterocycles. The normalized spacial score (nSPS) is 13.6. The van der Waals surface area contributed by atoms with Crippen molar-refractivity contribution in [1.29, 1.82) is 0 Å². The van der Waals surface area contributed by atoms with E-state index < -0.39 is 5.60 Å². The minimum Gasteiger partial charge on any atom is -0.383 e. The number of guanidine groups is 1. The van der Waals surface area contributed by atoms with Crippen molar-refractivity contribution in [3.05, 3.63) is 53.3 Å². The van der Waals surface area contributed by atoms with Crippen molar-refractivity contribution in [3.63, 3.8) is 0 Å². The third-order valence-electron chi connectivity index (χ3n) is 4.02. The highest BCUT2D eigenvalue weighted by atomic mass is 127. The topological polar surface area (TPSA) is 83.7 Å². The van der Waals surface area contributed by atoms with Gasteiger partial charge in [0.1, 0.15) is 5.60 Å². The molecule has 1 atom stereocenters. The first kappa shape index (κ1) is 23.4. The number of hydrogen-bond acceptors (Lipinski definition) is 4. The average Bonchev–Trinajstić information content (AvgIpc) is 3.06. The highest BCUT2D eigenvalue weighted by Gasteiger charge is 2.24. The quantitative estimate of drug-likeness (QED) is 0.302. The molecular formula is C19H30IN5O2. The number of nitrogens with zero attached hydrogens (tertiary/aromatic N) is 3. The zero-order chi connectivity index (χ0) is 19.0. The number of aliphatic hydroxyl groups is 1. The molecule has 0 amide bonds. The lowest BCUT2D eigenvalue weighted by atomic mass is 10.00. The second-order valence-corrected chi connectivity index (χ2v) is 6.47. The van der Waals surface area contributed by atoms with E-state index in [1.165, 1.54) is 0 Å². The molecule has 8 heteroatoms. The molecule has 0 fully saturated rings. The van der Waals surface area contributed by atoms with Crippen LogP contribution in [0.15, 0.2) is 41.7 Å². The first-order valence-electron chi connectivity index (χ1n) is 8.75. The van der Waals surface area contributed by atoms with E-state index in [0.717, 1.165) is 23.2 Å². The Morgan fingerprint density at radius 2 is 1.93 bits per heavy atom. The zero-order valence-corrected chi connectivity index (χ0v) is 18.7. The number of hydrogen-bond donors (Lipinski definition) is 3. The zero-order valence-electron chi connectivity index (χ0n) is 16.4. The maximum Gasteiger partial charge on any atom is 0.191 e. The molecule has 2 rings (SSSR count). The first-order chi connectivity index (χ1) is 12.4. The first-order valence-corrected chi connectivity index (χ1v) is 8.75. The van der Waals surface area contributed by atoms with E-state index in [-0.39, 0.29) is 24.0 Å². The minimum atomic E-state index is -1.04. The van der Waals surface area contributed by atoms with Gasteiger partial charge in [-0.25, -0.2) is 4.99 Å². The highest BCUT2D eigenvalue weighted by Crippen LogP contribution is 2.18. The fourth-order valence-corrected chi connectivity index (χ4v) is 2.48. The van der Waals surface area contributed by atoms with Gasteiger partial charge in [0.25, 0.3) is 0 Å². The Labute approximate surface area is 178 Å². The Bertz CT molecular complexity index is 713. The fourth-order valence-electron chi connectivity index (χ4n) is 2.48. The molecule has 1 aromatic carbocycles. The molecule has 2 aromatic rings. The summed E-state index contributed by atoms with van der Waals surface area (Å²) < 4.78 is 6.80. The van der Waals surface area contributed by atoms with Crippen molar-refractivity contribution in [3.8, 4) is 0 Å². The Morgan fingerprint density at radius 1 is 1.26 bits per heavy atom. The van der Waals surface area contributed by atoms with Crippen molar-refractivity contribution in [2.45, 2.75) is 32.6 Å². The molecule has 1 aromatic heterocycles. The monoisotopic (exact) mass is 487 g/mol. The number of aryl methyl sites for hydroxylation is 1. The van der Waals surface area contributed by atoms with Gasteiger partial charge < -0.3 is 20.5 Å². The van der Waals surface area contributed by atoms with Crippen LogP contribution in [0.1, 0.15) is 30.5 Å². The molecule has 0 bridgehead atoms. The van der Waals surface area contributed by atoms with Crippen LogP contribution in [0, 0.1) is 0 Å². The van der Waals surface area contributed by atoms with Crippen LogP contribution in [0.2, 0.25) is 0 Å². The van der Waals surface area contributed by atoms with E-state index in [1.54, 1.807) is 24.9 Å². The Balaban J connectivity index is 0.00000364.